The van der Waals surface area contributed by atoms with Crippen molar-refractivity contribution in [3.8, 4) is 0 Å². The second-order valence-corrected chi connectivity index (χ2v) is 8.69. The second kappa shape index (κ2) is 20.9. The molecule has 216 valence electrons. The van der Waals surface area contributed by atoms with Gasteiger partial charge in [-0.15, -0.1) is 0 Å². The van der Waals surface area contributed by atoms with Gasteiger partial charge in [-0.25, -0.2) is 0 Å². The summed E-state index contributed by atoms with van der Waals surface area (Å²) in [6, 6.07) is 0. The first kappa shape index (κ1) is 43.1. The molecule has 0 aliphatic rings. The van der Waals surface area contributed by atoms with E-state index in [4.69, 9.17) is 10.2 Å². The summed E-state index contributed by atoms with van der Waals surface area (Å²) in [5.41, 5.74) is 0. The molecule has 0 bridgehead atoms. The topological polar surface area (TPSA) is 307 Å². The van der Waals surface area contributed by atoms with Crippen molar-refractivity contribution in [3.05, 3.63) is 0 Å². The van der Waals surface area contributed by atoms with Crippen LogP contribution in [0.1, 0.15) is 41.5 Å². The minimum atomic E-state index is -5.34. The van der Waals surface area contributed by atoms with Gasteiger partial charge in [0.15, 0.2) is 0 Å². The van der Waals surface area contributed by atoms with Crippen molar-refractivity contribution in [3.63, 3.8) is 0 Å². The zero-order chi connectivity index (χ0) is 30.3. The van der Waals surface area contributed by atoms with Crippen LogP contribution in [0.2, 0.25) is 0 Å². The molecule has 0 saturated carbocycles. The van der Waals surface area contributed by atoms with Crippen molar-refractivity contribution in [2.75, 3.05) is 0 Å². The van der Waals surface area contributed by atoms with Crippen LogP contribution >= 0.6 is 0 Å². The number of carbonyl (C=O) groups excluding carboxylic acids is 6. The van der Waals surface area contributed by atoms with E-state index in [0.717, 1.165) is 41.5 Å². The van der Waals surface area contributed by atoms with Gasteiger partial charge in [-0.1, -0.05) is 0 Å². The molecule has 0 aromatic carbocycles. The van der Waals surface area contributed by atoms with Gasteiger partial charge >= 0.3 is 70.7 Å². The van der Waals surface area contributed by atoms with Crippen molar-refractivity contribution < 1.29 is 87.3 Å². The van der Waals surface area contributed by atoms with E-state index in [0.29, 0.717) is 0 Å². The van der Waals surface area contributed by atoms with Gasteiger partial charge < -0.3 is 68.1 Å². The van der Waals surface area contributed by atoms with E-state index in [-0.39, 0.29) is 37.7 Å². The first-order chi connectivity index (χ1) is 16.6. The number of carboxylic acids is 2. The molecule has 20 heteroatoms. The summed E-state index contributed by atoms with van der Waals surface area (Å²) in [6.45, 7) is 6.07. The maximum absolute atomic E-state index is 11.6. The Morgan fingerprint density at radius 3 is 0.684 bits per heavy atom. The van der Waals surface area contributed by atoms with E-state index in [9.17, 15) is 59.4 Å². The Bertz CT molecular complexity index is 668. The standard InChI is InChI=1S/C12H20O12Si.2C3H6O3.Ca/c1-5(13)9(17)21-25(22-10(18)6(2)14,23-11(19)7(3)15)24-12(20)8(4)16;2*1-2(4)3(5)6;/h5-8,13-16H,1-4H3;2*2,4H,1H3,(H,5,6);/q;;;+2/p-2. The Balaban J connectivity index is -0.000000367. The summed E-state index contributed by atoms with van der Waals surface area (Å²) < 4.78 is 18.2. The average Bonchev–Trinajstić information content (AvgIpc) is 2.73. The molecule has 0 spiro atoms. The minimum Gasteiger partial charge on any atom is -0.547 e. The summed E-state index contributed by atoms with van der Waals surface area (Å²) in [4.78, 5) is 65.1. The molecule has 0 aromatic rings. The molecule has 0 radical (unpaired) electrons. The summed E-state index contributed by atoms with van der Waals surface area (Å²) in [6.07, 6.45) is -9.88. The van der Waals surface area contributed by atoms with Gasteiger partial charge in [0.05, 0.1) is 24.1 Å². The molecule has 0 aliphatic carbocycles. The van der Waals surface area contributed by atoms with Crippen LogP contribution in [0.25, 0.3) is 0 Å². The van der Waals surface area contributed by atoms with Gasteiger partial charge in [-0.05, 0) is 41.5 Å². The first-order valence-electron chi connectivity index (χ1n) is 10.0. The third kappa shape index (κ3) is 21.0. The summed E-state index contributed by atoms with van der Waals surface area (Å²) in [5.74, 6) is -8.86. The minimum absolute atomic E-state index is 0. The number of carboxylic acid groups (broad SMARTS) is 2. The zero-order valence-corrected chi connectivity index (χ0v) is 24.5. The van der Waals surface area contributed by atoms with Crippen molar-refractivity contribution >= 4 is 82.6 Å². The fourth-order valence-corrected chi connectivity index (χ4v) is 2.88. The SMILES string of the molecule is CC(O)C(=O)O[Si](OC(=O)C(C)O)(OC(=O)C(C)O)OC(=O)C(C)O.CC(O)C(=O)[O-].CC(O)C(=O)[O-].[Ca+2]. The Kier molecular flexibility index (Phi) is 23.8. The number of aliphatic hydroxyl groups is 6. The fraction of sp³-hybridized carbons (Fsp3) is 0.667. The molecule has 38 heavy (non-hydrogen) atoms. The largest absolute Gasteiger partial charge is 2.00 e. The van der Waals surface area contributed by atoms with Crippen LogP contribution in [0.15, 0.2) is 0 Å². The zero-order valence-electron chi connectivity index (χ0n) is 21.3. The van der Waals surface area contributed by atoms with Gasteiger partial charge in [0.25, 0.3) is 0 Å². The van der Waals surface area contributed by atoms with Gasteiger partial charge in [0, 0.05) is 0 Å². The Hall–Kier alpha value is -1.94. The number of aliphatic carboxylic acids is 2. The van der Waals surface area contributed by atoms with Crippen molar-refractivity contribution in [2.24, 2.45) is 0 Å². The molecule has 18 nitrogen and oxygen atoms in total. The molecule has 0 amide bonds. The van der Waals surface area contributed by atoms with E-state index in [1.54, 1.807) is 0 Å². The van der Waals surface area contributed by atoms with Crippen LogP contribution < -0.4 is 10.2 Å². The summed E-state index contributed by atoms with van der Waals surface area (Å²) >= 11 is 0. The summed E-state index contributed by atoms with van der Waals surface area (Å²) in [7, 11) is -5.34. The van der Waals surface area contributed by atoms with Crippen LogP contribution in [0.4, 0.5) is 0 Å². The van der Waals surface area contributed by atoms with Crippen molar-refractivity contribution in [2.45, 2.75) is 78.2 Å². The molecule has 0 rings (SSSR count). The Morgan fingerprint density at radius 1 is 0.474 bits per heavy atom. The van der Waals surface area contributed by atoms with E-state index in [2.05, 4.69) is 17.7 Å². The predicted molar refractivity (Wildman–Crippen MR) is 116 cm³/mol. The van der Waals surface area contributed by atoms with Crippen molar-refractivity contribution in [1.82, 2.24) is 0 Å². The molecule has 0 aliphatic heterocycles. The fourth-order valence-electron chi connectivity index (χ4n) is 0.959. The molecular weight excluding hydrogens is 572 g/mol. The van der Waals surface area contributed by atoms with Gasteiger partial charge in [0.1, 0.15) is 24.4 Å². The number of hydrogen-bond acceptors (Lipinski definition) is 18. The normalized spacial score (nSPS) is 16.1. The van der Waals surface area contributed by atoms with E-state index >= 15 is 0 Å². The average molecular weight is 603 g/mol. The quantitative estimate of drug-likeness (QED) is 0.126. The smallest absolute Gasteiger partial charge is 0.547 e. The molecule has 6 N–H and O–H groups in total. The van der Waals surface area contributed by atoms with Crippen LogP contribution in [0.5, 0.6) is 0 Å². The number of aliphatic hydroxyl groups excluding tert-OH is 6. The van der Waals surface area contributed by atoms with E-state index in [1.807, 2.05) is 0 Å². The molecular formula is C18H30CaO18Si. The Morgan fingerprint density at radius 2 is 0.605 bits per heavy atom. The molecule has 0 fully saturated rings. The van der Waals surface area contributed by atoms with Gasteiger partial charge in [0.2, 0.25) is 0 Å². The molecule has 0 saturated heterocycles. The van der Waals surface area contributed by atoms with Crippen LogP contribution in [-0.4, -0.2) is 150 Å². The second-order valence-electron chi connectivity index (χ2n) is 6.88. The van der Waals surface area contributed by atoms with Crippen molar-refractivity contribution in [1.29, 1.82) is 0 Å². The van der Waals surface area contributed by atoms with Crippen LogP contribution in [0, 0.1) is 0 Å². The van der Waals surface area contributed by atoms with Gasteiger partial charge in [-0.2, -0.15) is 0 Å². The van der Waals surface area contributed by atoms with E-state index in [1.165, 1.54) is 0 Å². The summed E-state index contributed by atoms with van der Waals surface area (Å²) in [5, 5.41) is 71.4. The van der Waals surface area contributed by atoms with Crippen LogP contribution in [-0.2, 0) is 46.5 Å². The maximum Gasteiger partial charge on any atom is 2.00 e. The van der Waals surface area contributed by atoms with Gasteiger partial charge in [-0.3, -0.25) is 19.2 Å². The maximum atomic E-state index is 11.6. The van der Waals surface area contributed by atoms with E-state index < -0.39 is 81.5 Å². The molecule has 6 unspecified atom stereocenters. The first-order valence-corrected chi connectivity index (χ1v) is 11.6. The van der Waals surface area contributed by atoms with Crippen LogP contribution in [0.3, 0.4) is 0 Å². The Labute approximate surface area is 247 Å². The number of rotatable bonds is 10. The third-order valence-electron chi connectivity index (χ3n) is 2.95. The molecule has 0 heterocycles. The predicted octanol–water partition coefficient (Wildman–Crippen LogP) is -7.03. The third-order valence-corrected chi connectivity index (χ3v) is 4.75. The molecule has 6 atom stereocenters. The monoisotopic (exact) mass is 602 g/mol. The number of hydrogen-bond donors (Lipinski definition) is 6. The molecule has 0 aromatic heterocycles. The number of carbonyl (C=O) groups is 6.